The van der Waals surface area contributed by atoms with E-state index in [0.717, 1.165) is 43.6 Å². The smallest absolute Gasteiger partial charge is 0.250 e. The maximum atomic E-state index is 12.2. The van der Waals surface area contributed by atoms with Crippen LogP contribution in [0.3, 0.4) is 0 Å². The molecule has 1 aromatic heterocycles. The molecular formula is C17H24N2O2. The molecule has 1 atom stereocenters. The van der Waals surface area contributed by atoms with Crippen molar-refractivity contribution in [2.24, 2.45) is 0 Å². The average Bonchev–Trinajstić information content (AvgIpc) is 2.48. The fraction of sp³-hybridized carbons (Fsp3) is 0.647. The summed E-state index contributed by atoms with van der Waals surface area (Å²) in [6.45, 7) is 1.90. The quantitative estimate of drug-likeness (QED) is 0.856. The number of piperidine rings is 1. The van der Waals surface area contributed by atoms with Gasteiger partial charge in [-0.1, -0.05) is 6.42 Å². The Bertz CT molecular complexity index is 591. The highest BCUT2D eigenvalue weighted by molar-refractivity contribution is 5.97. The van der Waals surface area contributed by atoms with Crippen LogP contribution in [-0.2, 0) is 13.0 Å². The number of rotatable bonds is 3. The largest absolute Gasteiger partial charge is 0.312 e. The van der Waals surface area contributed by atoms with Crippen molar-refractivity contribution >= 4 is 5.78 Å². The summed E-state index contributed by atoms with van der Waals surface area (Å²) in [6.07, 6.45) is 7.14. The van der Waals surface area contributed by atoms with Crippen molar-refractivity contribution in [1.29, 1.82) is 0 Å². The Morgan fingerprint density at radius 2 is 2.00 bits per heavy atom. The van der Waals surface area contributed by atoms with E-state index in [-0.39, 0.29) is 11.3 Å². The number of hydrogen-bond acceptors (Lipinski definition) is 3. The molecule has 1 aliphatic heterocycles. The number of hydrogen-bond donors (Lipinski definition) is 0. The second kappa shape index (κ2) is 6.14. The lowest BCUT2D eigenvalue weighted by atomic mass is 9.94. The summed E-state index contributed by atoms with van der Waals surface area (Å²) in [5, 5.41) is 0. The van der Waals surface area contributed by atoms with E-state index < -0.39 is 0 Å². The molecule has 0 aromatic carbocycles. The van der Waals surface area contributed by atoms with E-state index in [9.17, 15) is 9.59 Å². The highest BCUT2D eigenvalue weighted by atomic mass is 16.1. The number of Topliss-reactive ketones (excluding diaryl/α,β-unsaturated/α-hetero) is 1. The number of fused-ring (bicyclic) bond motifs is 1. The lowest BCUT2D eigenvalue weighted by Crippen LogP contribution is -2.38. The van der Waals surface area contributed by atoms with E-state index in [0.29, 0.717) is 12.5 Å². The SMILES string of the molecule is CN1CCCCC1CCn1c2c(ccc1=O)C(=O)CCC2. The number of likely N-dealkylation sites (tertiary alicyclic amines) is 1. The number of carbonyl (C=O) groups is 1. The van der Waals surface area contributed by atoms with Crippen LogP contribution in [0.1, 0.15) is 54.6 Å². The van der Waals surface area contributed by atoms with Gasteiger partial charge in [0, 0.05) is 36.3 Å². The van der Waals surface area contributed by atoms with Gasteiger partial charge in [0.2, 0.25) is 0 Å². The normalized spacial score (nSPS) is 23.1. The molecule has 1 saturated heterocycles. The maximum absolute atomic E-state index is 12.2. The Balaban J connectivity index is 1.80. The molecule has 3 rings (SSSR count). The minimum absolute atomic E-state index is 0.0434. The molecule has 2 aliphatic rings. The van der Waals surface area contributed by atoms with Gasteiger partial charge in [-0.15, -0.1) is 0 Å². The summed E-state index contributed by atoms with van der Waals surface area (Å²) >= 11 is 0. The van der Waals surface area contributed by atoms with Gasteiger partial charge in [-0.25, -0.2) is 0 Å². The molecule has 21 heavy (non-hydrogen) atoms. The first-order valence-corrected chi connectivity index (χ1v) is 8.13. The summed E-state index contributed by atoms with van der Waals surface area (Å²) in [6, 6.07) is 3.86. The minimum atomic E-state index is 0.0434. The topological polar surface area (TPSA) is 42.3 Å². The first-order valence-electron chi connectivity index (χ1n) is 8.13. The van der Waals surface area contributed by atoms with Crippen molar-refractivity contribution in [3.05, 3.63) is 33.7 Å². The van der Waals surface area contributed by atoms with Gasteiger partial charge < -0.3 is 9.47 Å². The van der Waals surface area contributed by atoms with Gasteiger partial charge in [0.05, 0.1) is 0 Å². The molecule has 0 radical (unpaired) electrons. The van der Waals surface area contributed by atoms with E-state index in [1.807, 2.05) is 4.57 Å². The van der Waals surface area contributed by atoms with Crippen LogP contribution in [0, 0.1) is 0 Å². The van der Waals surface area contributed by atoms with E-state index in [1.165, 1.54) is 19.3 Å². The molecule has 0 spiro atoms. The minimum Gasteiger partial charge on any atom is -0.312 e. The third-order valence-corrected chi connectivity index (χ3v) is 5.02. The standard InChI is InChI=1S/C17H24N2O2/c1-18-11-3-2-5-13(18)10-12-19-15-6-4-7-16(20)14(15)8-9-17(19)21/h8-9,13H,2-7,10-12H2,1H3. The first-order chi connectivity index (χ1) is 10.2. The van der Waals surface area contributed by atoms with Gasteiger partial charge in [-0.05, 0) is 51.8 Å². The zero-order valence-corrected chi connectivity index (χ0v) is 12.8. The van der Waals surface area contributed by atoms with Crippen LogP contribution in [0.25, 0.3) is 0 Å². The van der Waals surface area contributed by atoms with Gasteiger partial charge in [-0.2, -0.15) is 0 Å². The molecule has 0 bridgehead atoms. The summed E-state index contributed by atoms with van der Waals surface area (Å²) in [7, 11) is 2.18. The number of nitrogens with zero attached hydrogens (tertiary/aromatic N) is 2. The molecule has 1 fully saturated rings. The molecule has 114 valence electrons. The second-order valence-corrected chi connectivity index (χ2v) is 6.38. The van der Waals surface area contributed by atoms with Crippen LogP contribution < -0.4 is 5.56 Å². The Labute approximate surface area is 125 Å². The molecule has 0 N–H and O–H groups in total. The van der Waals surface area contributed by atoms with Crippen LogP contribution >= 0.6 is 0 Å². The van der Waals surface area contributed by atoms with Crippen LogP contribution in [0.5, 0.6) is 0 Å². The zero-order valence-electron chi connectivity index (χ0n) is 12.8. The number of aromatic nitrogens is 1. The predicted octanol–water partition coefficient (Wildman–Crippen LogP) is 2.24. The van der Waals surface area contributed by atoms with Crippen molar-refractivity contribution in [2.45, 2.75) is 57.5 Å². The second-order valence-electron chi connectivity index (χ2n) is 6.38. The van der Waals surface area contributed by atoms with E-state index in [1.54, 1.807) is 12.1 Å². The summed E-state index contributed by atoms with van der Waals surface area (Å²) in [4.78, 5) is 26.6. The maximum Gasteiger partial charge on any atom is 0.250 e. The van der Waals surface area contributed by atoms with Gasteiger partial charge in [0.1, 0.15) is 0 Å². The highest BCUT2D eigenvalue weighted by Crippen LogP contribution is 2.22. The van der Waals surface area contributed by atoms with E-state index >= 15 is 0 Å². The summed E-state index contributed by atoms with van der Waals surface area (Å²) in [5.41, 5.74) is 1.79. The van der Waals surface area contributed by atoms with Crippen molar-refractivity contribution in [2.75, 3.05) is 13.6 Å². The van der Waals surface area contributed by atoms with Crippen LogP contribution in [0.2, 0.25) is 0 Å². The lowest BCUT2D eigenvalue weighted by Gasteiger charge is -2.33. The fourth-order valence-electron chi connectivity index (χ4n) is 3.73. The van der Waals surface area contributed by atoms with Gasteiger partial charge in [0.25, 0.3) is 5.56 Å². The molecule has 2 heterocycles. The predicted molar refractivity (Wildman–Crippen MR) is 82.9 cm³/mol. The molecule has 0 amide bonds. The Kier molecular flexibility index (Phi) is 4.24. The van der Waals surface area contributed by atoms with E-state index in [4.69, 9.17) is 0 Å². The molecule has 1 aromatic rings. The van der Waals surface area contributed by atoms with Crippen LogP contribution in [-0.4, -0.2) is 34.9 Å². The molecule has 1 unspecified atom stereocenters. The Morgan fingerprint density at radius 1 is 1.14 bits per heavy atom. The molecular weight excluding hydrogens is 264 g/mol. The molecule has 4 heteroatoms. The van der Waals surface area contributed by atoms with Crippen LogP contribution in [0.4, 0.5) is 0 Å². The monoisotopic (exact) mass is 288 g/mol. The number of carbonyl (C=O) groups excluding carboxylic acids is 1. The van der Waals surface area contributed by atoms with Crippen molar-refractivity contribution in [1.82, 2.24) is 9.47 Å². The Morgan fingerprint density at radius 3 is 2.81 bits per heavy atom. The van der Waals surface area contributed by atoms with Gasteiger partial charge in [0.15, 0.2) is 5.78 Å². The summed E-state index contributed by atoms with van der Waals surface area (Å²) in [5.74, 6) is 0.194. The zero-order chi connectivity index (χ0) is 14.8. The van der Waals surface area contributed by atoms with Crippen molar-refractivity contribution < 1.29 is 4.79 Å². The third kappa shape index (κ3) is 2.95. The average molecular weight is 288 g/mol. The molecule has 1 aliphatic carbocycles. The van der Waals surface area contributed by atoms with Gasteiger partial charge >= 0.3 is 0 Å². The van der Waals surface area contributed by atoms with Crippen molar-refractivity contribution in [3.63, 3.8) is 0 Å². The van der Waals surface area contributed by atoms with E-state index in [2.05, 4.69) is 11.9 Å². The van der Waals surface area contributed by atoms with Gasteiger partial charge in [-0.3, -0.25) is 9.59 Å². The Hall–Kier alpha value is -1.42. The lowest BCUT2D eigenvalue weighted by molar-refractivity contribution is 0.0970. The molecule has 4 nitrogen and oxygen atoms in total. The highest BCUT2D eigenvalue weighted by Gasteiger charge is 2.22. The molecule has 0 saturated carbocycles. The van der Waals surface area contributed by atoms with Crippen molar-refractivity contribution in [3.8, 4) is 0 Å². The number of pyridine rings is 1. The third-order valence-electron chi connectivity index (χ3n) is 5.02. The first kappa shape index (κ1) is 14.5. The van der Waals surface area contributed by atoms with Crippen LogP contribution in [0.15, 0.2) is 16.9 Å². The summed E-state index contributed by atoms with van der Waals surface area (Å²) < 4.78 is 1.86. The fourth-order valence-corrected chi connectivity index (χ4v) is 3.73. The number of ketones is 1.